The first kappa shape index (κ1) is 32.4. The van der Waals surface area contributed by atoms with Crippen LogP contribution in [0.25, 0.3) is 16.8 Å². The number of carbonyl (C=O) groups is 4. The molecule has 2 heterocycles. The molecule has 1 atom stereocenters. The van der Waals surface area contributed by atoms with Gasteiger partial charge in [0.05, 0.1) is 30.2 Å². The van der Waals surface area contributed by atoms with E-state index < -0.39 is 41.4 Å². The van der Waals surface area contributed by atoms with Crippen LogP contribution in [0, 0.1) is 0 Å². The zero-order chi connectivity index (χ0) is 32.2. The molecule has 1 amide bonds. The van der Waals surface area contributed by atoms with Crippen LogP contribution in [0.15, 0.2) is 48.5 Å². The van der Waals surface area contributed by atoms with Crippen molar-refractivity contribution >= 4 is 23.8 Å². The highest BCUT2D eigenvalue weighted by molar-refractivity contribution is 5.98. The second-order valence-electron chi connectivity index (χ2n) is 11.7. The zero-order valence-electron chi connectivity index (χ0n) is 26.6. The van der Waals surface area contributed by atoms with E-state index in [1.807, 2.05) is 68.7 Å². The first-order chi connectivity index (χ1) is 20.8. The van der Waals surface area contributed by atoms with Crippen molar-refractivity contribution in [1.29, 1.82) is 0 Å². The number of ether oxygens (including phenoxy) is 3. The van der Waals surface area contributed by atoms with Gasteiger partial charge in [-0.3, -0.25) is 14.2 Å². The van der Waals surface area contributed by atoms with Crippen LogP contribution in [-0.4, -0.2) is 63.6 Å². The molecule has 0 saturated heterocycles. The van der Waals surface area contributed by atoms with Crippen LogP contribution < -0.4 is 0 Å². The average Bonchev–Trinajstić information content (AvgIpc) is 3.36. The van der Waals surface area contributed by atoms with Crippen LogP contribution in [0.3, 0.4) is 0 Å². The van der Waals surface area contributed by atoms with Crippen molar-refractivity contribution in [3.63, 3.8) is 0 Å². The van der Waals surface area contributed by atoms with Crippen molar-refractivity contribution in [3.8, 4) is 16.8 Å². The van der Waals surface area contributed by atoms with Gasteiger partial charge in [-0.15, -0.1) is 0 Å². The van der Waals surface area contributed by atoms with E-state index in [2.05, 4.69) is 0 Å². The van der Waals surface area contributed by atoms with Gasteiger partial charge >= 0.3 is 17.9 Å². The summed E-state index contributed by atoms with van der Waals surface area (Å²) in [6, 6.07) is 14.9. The molecule has 0 N–H and O–H groups in total. The normalized spacial score (nSPS) is 16.2. The lowest BCUT2D eigenvalue weighted by Crippen LogP contribution is -2.58. The number of hydrogen-bond donors (Lipinski definition) is 0. The number of aromatic nitrogens is 2. The van der Waals surface area contributed by atoms with Crippen LogP contribution in [0.1, 0.15) is 82.5 Å². The molecule has 4 rings (SSSR count). The lowest BCUT2D eigenvalue weighted by atomic mass is 9.87. The SMILES string of the molecule is CCOC(=O)CC(=O)N1CCc2nc(CC)n(-c3ccc(-c4ccccc4C(=O)OC(C)(C)C)cc3)c2C1(C)C(=O)OCC. The summed E-state index contributed by atoms with van der Waals surface area (Å²) in [7, 11) is 0. The van der Waals surface area contributed by atoms with Gasteiger partial charge in [0.15, 0.2) is 5.54 Å². The maximum Gasteiger partial charge on any atom is 0.339 e. The average molecular weight is 604 g/mol. The summed E-state index contributed by atoms with van der Waals surface area (Å²) in [5.41, 5.74) is 1.75. The molecule has 44 heavy (non-hydrogen) atoms. The number of rotatable bonds is 9. The Morgan fingerprint density at radius 2 is 1.59 bits per heavy atom. The smallest absolute Gasteiger partial charge is 0.339 e. The fourth-order valence-electron chi connectivity index (χ4n) is 5.59. The minimum absolute atomic E-state index is 0.115. The van der Waals surface area contributed by atoms with Crippen LogP contribution in [-0.2, 0) is 47.0 Å². The van der Waals surface area contributed by atoms with Gasteiger partial charge in [0, 0.05) is 25.1 Å². The van der Waals surface area contributed by atoms with Crippen molar-refractivity contribution < 1.29 is 33.4 Å². The highest BCUT2D eigenvalue weighted by Crippen LogP contribution is 2.40. The predicted octanol–water partition coefficient (Wildman–Crippen LogP) is 5.17. The van der Waals surface area contributed by atoms with Gasteiger partial charge in [0.25, 0.3) is 0 Å². The van der Waals surface area contributed by atoms with E-state index in [4.69, 9.17) is 19.2 Å². The molecule has 3 aromatic rings. The number of hydrogen-bond acceptors (Lipinski definition) is 8. The standard InChI is InChI=1S/C34H41N3O7/c1-8-27-35-26-19-20-36(28(38)21-29(39)42-9-2)34(7,32(41)43-10-3)30(26)37(27)23-17-15-22(16-18-23)24-13-11-12-14-25(24)31(40)44-33(4,5)6/h11-18H,8-10,19-21H2,1-7H3. The molecule has 1 aliphatic rings. The molecular formula is C34H41N3O7. The molecule has 1 aromatic heterocycles. The highest BCUT2D eigenvalue weighted by Gasteiger charge is 2.52. The van der Waals surface area contributed by atoms with Crippen molar-refractivity contribution in [2.75, 3.05) is 19.8 Å². The van der Waals surface area contributed by atoms with Crippen molar-refractivity contribution in [2.24, 2.45) is 0 Å². The summed E-state index contributed by atoms with van der Waals surface area (Å²) < 4.78 is 18.1. The molecule has 0 radical (unpaired) electrons. The monoisotopic (exact) mass is 603 g/mol. The Kier molecular flexibility index (Phi) is 9.61. The van der Waals surface area contributed by atoms with Crippen LogP contribution in [0.5, 0.6) is 0 Å². The van der Waals surface area contributed by atoms with E-state index in [9.17, 15) is 19.2 Å². The molecule has 1 aliphatic heterocycles. The molecule has 10 heteroatoms. The molecule has 234 valence electrons. The van der Waals surface area contributed by atoms with Crippen molar-refractivity contribution in [3.05, 3.63) is 71.3 Å². The summed E-state index contributed by atoms with van der Waals surface area (Å²) in [5.74, 6) is -1.48. The number of carbonyl (C=O) groups excluding carboxylic acids is 4. The number of amides is 1. The second-order valence-corrected chi connectivity index (χ2v) is 11.7. The van der Waals surface area contributed by atoms with E-state index in [0.717, 1.165) is 16.8 Å². The van der Waals surface area contributed by atoms with Gasteiger partial charge < -0.3 is 19.1 Å². The quantitative estimate of drug-likeness (QED) is 0.187. The molecule has 0 saturated carbocycles. The van der Waals surface area contributed by atoms with Crippen LogP contribution in [0.2, 0.25) is 0 Å². The summed E-state index contributed by atoms with van der Waals surface area (Å²) in [6.07, 6.45) is 0.477. The van der Waals surface area contributed by atoms with Gasteiger partial charge in [-0.25, -0.2) is 14.6 Å². The second kappa shape index (κ2) is 13.0. The minimum atomic E-state index is -1.55. The number of nitrogens with zero attached hydrogens (tertiary/aromatic N) is 3. The molecule has 10 nitrogen and oxygen atoms in total. The third-order valence-corrected chi connectivity index (χ3v) is 7.47. The Labute approximate surface area is 258 Å². The van der Waals surface area contributed by atoms with Crippen molar-refractivity contribution in [2.45, 2.75) is 78.9 Å². The van der Waals surface area contributed by atoms with E-state index >= 15 is 0 Å². The number of esters is 3. The lowest BCUT2D eigenvalue weighted by Gasteiger charge is -2.42. The number of benzene rings is 2. The molecule has 2 aromatic carbocycles. The Bertz CT molecular complexity index is 1550. The van der Waals surface area contributed by atoms with Crippen molar-refractivity contribution in [1.82, 2.24) is 14.5 Å². The third-order valence-electron chi connectivity index (χ3n) is 7.47. The molecule has 0 fully saturated rings. The van der Waals surface area contributed by atoms with Crippen LogP contribution in [0.4, 0.5) is 0 Å². The number of fused-ring (bicyclic) bond motifs is 1. The maximum atomic E-state index is 13.7. The Hall–Kier alpha value is -4.47. The molecule has 1 unspecified atom stereocenters. The fourth-order valence-corrected chi connectivity index (χ4v) is 5.59. The topological polar surface area (TPSA) is 117 Å². The minimum Gasteiger partial charge on any atom is -0.466 e. The van der Waals surface area contributed by atoms with Crippen LogP contribution >= 0.6 is 0 Å². The molecule has 0 spiro atoms. The predicted molar refractivity (Wildman–Crippen MR) is 164 cm³/mol. The van der Waals surface area contributed by atoms with E-state index in [-0.39, 0.29) is 19.8 Å². The summed E-state index contributed by atoms with van der Waals surface area (Å²) in [5, 5.41) is 0. The highest BCUT2D eigenvalue weighted by atomic mass is 16.6. The Morgan fingerprint density at radius 1 is 0.932 bits per heavy atom. The van der Waals surface area contributed by atoms with E-state index in [1.165, 1.54) is 4.90 Å². The largest absolute Gasteiger partial charge is 0.466 e. The first-order valence-corrected chi connectivity index (χ1v) is 15.0. The third kappa shape index (κ3) is 6.39. The maximum absolute atomic E-state index is 13.7. The van der Waals surface area contributed by atoms with Gasteiger partial charge in [0.1, 0.15) is 17.8 Å². The summed E-state index contributed by atoms with van der Waals surface area (Å²) in [6.45, 7) is 12.9. The Morgan fingerprint density at radius 3 is 2.20 bits per heavy atom. The van der Waals surface area contributed by atoms with Gasteiger partial charge in [-0.1, -0.05) is 37.3 Å². The van der Waals surface area contributed by atoms with Gasteiger partial charge in [-0.2, -0.15) is 0 Å². The number of aryl methyl sites for hydroxylation is 1. The van der Waals surface area contributed by atoms with Gasteiger partial charge in [-0.05, 0) is 70.9 Å². The van der Waals surface area contributed by atoms with E-state index in [1.54, 1.807) is 32.9 Å². The number of imidazole rings is 1. The first-order valence-electron chi connectivity index (χ1n) is 15.0. The fraction of sp³-hybridized carbons (Fsp3) is 0.441. The summed E-state index contributed by atoms with van der Waals surface area (Å²) >= 11 is 0. The van der Waals surface area contributed by atoms with Gasteiger partial charge in [0.2, 0.25) is 5.91 Å². The summed E-state index contributed by atoms with van der Waals surface area (Å²) in [4.78, 5) is 58.7. The molecular weight excluding hydrogens is 562 g/mol. The Balaban J connectivity index is 1.81. The molecule has 0 aliphatic carbocycles. The lowest BCUT2D eigenvalue weighted by molar-refractivity contribution is -0.167. The zero-order valence-corrected chi connectivity index (χ0v) is 26.6. The molecule has 0 bridgehead atoms. The van der Waals surface area contributed by atoms with E-state index in [0.29, 0.717) is 35.6 Å².